The van der Waals surface area contributed by atoms with Gasteiger partial charge in [0.25, 0.3) is 5.69 Å². The fourth-order valence-corrected chi connectivity index (χ4v) is 12.5. The van der Waals surface area contributed by atoms with Gasteiger partial charge in [-0.1, -0.05) is 20.8 Å². The number of aliphatic hydroxyl groups excluding tert-OH is 1. The average molecular weight is 670 g/mol. The second kappa shape index (κ2) is 11.1. The first-order valence-electron chi connectivity index (χ1n) is 17.8. The molecule has 1 aromatic rings. The van der Waals surface area contributed by atoms with Crippen molar-refractivity contribution in [3.8, 4) is 5.75 Å². The van der Waals surface area contributed by atoms with Gasteiger partial charge in [-0.15, -0.1) is 0 Å². The second-order valence-corrected chi connectivity index (χ2v) is 17.3. The van der Waals surface area contributed by atoms with Crippen LogP contribution in [-0.4, -0.2) is 63.4 Å². The molecular formula is C37H51NO10. The van der Waals surface area contributed by atoms with E-state index >= 15 is 0 Å². The fourth-order valence-electron chi connectivity index (χ4n) is 12.5. The van der Waals surface area contributed by atoms with Crippen LogP contribution in [-0.2, 0) is 19.0 Å². The van der Waals surface area contributed by atoms with Crippen LogP contribution in [0.3, 0.4) is 0 Å². The van der Waals surface area contributed by atoms with Crippen molar-refractivity contribution >= 4 is 17.8 Å². The zero-order chi connectivity index (χ0) is 34.6. The predicted molar refractivity (Wildman–Crippen MR) is 173 cm³/mol. The number of nitrogens with zero attached hydrogens (tertiary/aromatic N) is 1. The van der Waals surface area contributed by atoms with E-state index in [9.17, 15) is 29.9 Å². The van der Waals surface area contributed by atoms with E-state index in [0.717, 1.165) is 51.4 Å². The summed E-state index contributed by atoms with van der Waals surface area (Å²) in [4.78, 5) is 35.3. The Hall–Kier alpha value is -2.76. The Morgan fingerprint density at radius 2 is 1.69 bits per heavy atom. The largest absolute Gasteiger partial charge is 0.514 e. The van der Waals surface area contributed by atoms with E-state index in [2.05, 4.69) is 20.8 Å². The van der Waals surface area contributed by atoms with Crippen molar-refractivity contribution in [2.45, 2.75) is 135 Å². The monoisotopic (exact) mass is 669 g/mol. The molecular weight excluding hydrogens is 618 g/mol. The van der Waals surface area contributed by atoms with E-state index < -0.39 is 41.0 Å². The van der Waals surface area contributed by atoms with Crippen LogP contribution in [0, 0.1) is 55.4 Å². The number of carbonyl (C=O) groups is 2. The van der Waals surface area contributed by atoms with Crippen LogP contribution < -0.4 is 4.74 Å². The minimum atomic E-state index is -1.27. The fraction of sp³-hybridized carbons (Fsp3) is 0.784. The number of non-ortho nitro benzene ring substituents is 1. The molecule has 0 aromatic heterocycles. The molecule has 0 amide bonds. The zero-order valence-corrected chi connectivity index (χ0v) is 29.0. The summed E-state index contributed by atoms with van der Waals surface area (Å²) in [5, 5.41) is 34.0. The summed E-state index contributed by atoms with van der Waals surface area (Å²) in [6.07, 6.45) is 5.19. The van der Waals surface area contributed by atoms with Gasteiger partial charge in [-0.05, 0) is 124 Å². The maximum Gasteiger partial charge on any atom is 0.514 e. The molecule has 5 aliphatic carbocycles. The molecule has 0 radical (unpaired) electrons. The number of esters is 1. The molecule has 48 heavy (non-hydrogen) atoms. The SMILES string of the molecule is CC(=O)O[C@@H]([C@H]1CC[C@H]2[C@H](O1)[C@H](O)C1C3CCC4C(C)(C)[C@@H](OC(=O)Oc5ccc([N+](=O)[O-])cc5)CC[C@@]45C[C@@]35CCC12C)C(C)(C)O. The lowest BCUT2D eigenvalue weighted by Crippen LogP contribution is -2.56. The highest BCUT2D eigenvalue weighted by molar-refractivity contribution is 5.66. The van der Waals surface area contributed by atoms with E-state index in [0.29, 0.717) is 18.3 Å². The molecule has 11 heteroatoms. The number of carbonyl (C=O) groups excluding carboxylic acids is 2. The molecule has 7 rings (SSSR count). The van der Waals surface area contributed by atoms with Crippen LogP contribution in [0.15, 0.2) is 24.3 Å². The molecule has 1 saturated heterocycles. The number of hydrogen-bond donors (Lipinski definition) is 2. The predicted octanol–water partition coefficient (Wildman–Crippen LogP) is 6.36. The Kier molecular flexibility index (Phi) is 7.81. The van der Waals surface area contributed by atoms with E-state index in [1.165, 1.54) is 31.2 Å². The number of aliphatic hydroxyl groups is 2. The number of benzene rings is 1. The van der Waals surface area contributed by atoms with E-state index in [4.69, 9.17) is 18.9 Å². The highest BCUT2D eigenvalue weighted by Crippen LogP contribution is 2.87. The standard InChI is InChI=1S/C37H51NO10/c1-20(39)45-31(34(4,5)42)25-13-11-24-30(47-25)29(40)28-23-12-14-26-33(2,3)27(15-16-37(26)19-36(23,37)18-17-35(24,28)6)48-32(41)46-22-9-7-21(8-10-22)38(43)44/h7-10,23-31,40,42H,11-19H2,1-6H3/t23?,24-,25+,26?,27-,28?,29+,30-,31-,35?,36-,37+/m0/s1. The Morgan fingerprint density at radius 1 is 1.00 bits per heavy atom. The van der Waals surface area contributed by atoms with Gasteiger partial charge in [0, 0.05) is 24.5 Å². The lowest BCUT2D eigenvalue weighted by atomic mass is 9.46. The molecule has 5 saturated carbocycles. The van der Waals surface area contributed by atoms with Crippen molar-refractivity contribution in [1.82, 2.24) is 0 Å². The van der Waals surface area contributed by atoms with Crippen molar-refractivity contribution in [2.75, 3.05) is 0 Å². The van der Waals surface area contributed by atoms with E-state index in [-0.39, 0.29) is 57.1 Å². The zero-order valence-electron chi connectivity index (χ0n) is 29.0. The maximum atomic E-state index is 12.9. The second-order valence-electron chi connectivity index (χ2n) is 17.3. The van der Waals surface area contributed by atoms with Crippen LogP contribution >= 0.6 is 0 Å². The summed E-state index contributed by atoms with van der Waals surface area (Å²) in [6.45, 7) is 11.4. The van der Waals surface area contributed by atoms with Crippen molar-refractivity contribution in [1.29, 1.82) is 0 Å². The molecule has 6 aliphatic rings. The topological polar surface area (TPSA) is 155 Å². The summed E-state index contributed by atoms with van der Waals surface area (Å²) >= 11 is 0. The van der Waals surface area contributed by atoms with Gasteiger partial charge in [0.1, 0.15) is 11.9 Å². The third-order valence-electron chi connectivity index (χ3n) is 14.4. The van der Waals surface area contributed by atoms with Crippen LogP contribution in [0.4, 0.5) is 10.5 Å². The van der Waals surface area contributed by atoms with Gasteiger partial charge in [0.15, 0.2) is 6.10 Å². The van der Waals surface area contributed by atoms with Gasteiger partial charge in [-0.2, -0.15) is 0 Å². The Bertz CT molecular complexity index is 1470. The van der Waals surface area contributed by atoms with Crippen LogP contribution in [0.2, 0.25) is 0 Å². The quantitative estimate of drug-likeness (QED) is 0.151. The number of nitro benzene ring substituents is 1. The Balaban J connectivity index is 1.06. The first-order valence-corrected chi connectivity index (χ1v) is 17.8. The smallest absolute Gasteiger partial charge is 0.457 e. The molecule has 12 atom stereocenters. The van der Waals surface area contributed by atoms with Crippen molar-refractivity contribution in [3.63, 3.8) is 0 Å². The summed E-state index contributed by atoms with van der Waals surface area (Å²) in [7, 11) is 0. The lowest BCUT2D eigenvalue weighted by Gasteiger charge is -2.59. The van der Waals surface area contributed by atoms with Crippen molar-refractivity contribution in [2.24, 2.45) is 45.3 Å². The molecule has 6 fully saturated rings. The summed E-state index contributed by atoms with van der Waals surface area (Å²) in [5.74, 6) is 0.825. The third-order valence-corrected chi connectivity index (χ3v) is 14.4. The van der Waals surface area contributed by atoms with E-state index in [1.807, 2.05) is 0 Å². The van der Waals surface area contributed by atoms with Gasteiger partial charge < -0.3 is 29.2 Å². The molecule has 264 valence electrons. The highest BCUT2D eigenvalue weighted by Gasteiger charge is 2.82. The number of ether oxygens (including phenoxy) is 4. The highest BCUT2D eigenvalue weighted by atomic mass is 16.7. The molecule has 1 aliphatic heterocycles. The molecule has 4 unspecified atom stereocenters. The Morgan fingerprint density at radius 3 is 2.33 bits per heavy atom. The number of hydrogen-bond acceptors (Lipinski definition) is 10. The molecule has 1 heterocycles. The molecule has 2 spiro atoms. The molecule has 2 N–H and O–H groups in total. The molecule has 0 bridgehead atoms. The summed E-state index contributed by atoms with van der Waals surface area (Å²) in [5.41, 5.74) is -1.37. The summed E-state index contributed by atoms with van der Waals surface area (Å²) < 4.78 is 23.6. The van der Waals surface area contributed by atoms with Crippen molar-refractivity contribution in [3.05, 3.63) is 34.4 Å². The van der Waals surface area contributed by atoms with Gasteiger partial charge in [-0.3, -0.25) is 14.9 Å². The molecule has 11 nitrogen and oxygen atoms in total. The lowest BCUT2D eigenvalue weighted by molar-refractivity contribution is -0.384. The third kappa shape index (κ3) is 4.92. The van der Waals surface area contributed by atoms with Gasteiger partial charge in [-0.25, -0.2) is 4.79 Å². The molecule has 1 aromatic carbocycles. The van der Waals surface area contributed by atoms with Gasteiger partial charge >= 0.3 is 12.1 Å². The van der Waals surface area contributed by atoms with Crippen LogP contribution in [0.25, 0.3) is 0 Å². The first kappa shape index (κ1) is 33.7. The number of fused-ring (bicyclic) bond motifs is 4. The summed E-state index contributed by atoms with van der Waals surface area (Å²) in [6, 6.07) is 5.40. The maximum absolute atomic E-state index is 12.9. The minimum absolute atomic E-state index is 0.0509. The van der Waals surface area contributed by atoms with Crippen LogP contribution in [0.1, 0.15) is 99.3 Å². The normalized spacial score (nSPS) is 42.8. The van der Waals surface area contributed by atoms with Crippen LogP contribution in [0.5, 0.6) is 5.75 Å². The van der Waals surface area contributed by atoms with Gasteiger partial charge in [0.05, 0.1) is 28.8 Å². The van der Waals surface area contributed by atoms with E-state index in [1.54, 1.807) is 13.8 Å². The number of rotatable bonds is 6. The van der Waals surface area contributed by atoms with Crippen molar-refractivity contribution < 1.29 is 43.7 Å². The van der Waals surface area contributed by atoms with Gasteiger partial charge in [0.2, 0.25) is 0 Å². The first-order chi connectivity index (χ1) is 22.4. The average Bonchev–Trinajstić information content (AvgIpc) is 3.62. The minimum Gasteiger partial charge on any atom is -0.457 e. The Labute approximate surface area is 282 Å². The number of nitro groups is 1.